The van der Waals surface area contributed by atoms with Crippen LogP contribution in [0.1, 0.15) is 19.5 Å². The molecule has 0 aliphatic heterocycles. The standard InChI is InChI=1S/C9H16N4O2/c1-4-15-9(14)7(2)10-5-8-6-11-12-13(8)3/h6-7,10H,4-5H2,1-3H3. The second kappa shape index (κ2) is 5.45. The van der Waals surface area contributed by atoms with Gasteiger partial charge in [-0.2, -0.15) is 0 Å². The fraction of sp³-hybridized carbons (Fsp3) is 0.667. The van der Waals surface area contributed by atoms with Crippen LogP contribution in [0.5, 0.6) is 0 Å². The number of aryl methyl sites for hydroxylation is 1. The van der Waals surface area contributed by atoms with Crippen LogP contribution in [0.2, 0.25) is 0 Å². The second-order valence-corrected chi connectivity index (χ2v) is 3.20. The van der Waals surface area contributed by atoms with Gasteiger partial charge < -0.3 is 4.74 Å². The zero-order chi connectivity index (χ0) is 11.3. The largest absolute Gasteiger partial charge is 0.465 e. The van der Waals surface area contributed by atoms with Gasteiger partial charge in [0.25, 0.3) is 0 Å². The van der Waals surface area contributed by atoms with Crippen molar-refractivity contribution in [1.82, 2.24) is 20.3 Å². The molecule has 0 aliphatic rings. The minimum absolute atomic E-state index is 0.243. The van der Waals surface area contributed by atoms with Crippen molar-refractivity contribution in [1.29, 1.82) is 0 Å². The van der Waals surface area contributed by atoms with Crippen LogP contribution in [0, 0.1) is 0 Å². The van der Waals surface area contributed by atoms with Crippen LogP contribution < -0.4 is 5.32 Å². The van der Waals surface area contributed by atoms with Crippen molar-refractivity contribution in [2.75, 3.05) is 6.61 Å². The average molecular weight is 212 g/mol. The summed E-state index contributed by atoms with van der Waals surface area (Å²) in [5.74, 6) is -0.243. The van der Waals surface area contributed by atoms with Crippen molar-refractivity contribution in [3.63, 3.8) is 0 Å². The first-order valence-electron chi connectivity index (χ1n) is 4.88. The molecule has 0 bridgehead atoms. The van der Waals surface area contributed by atoms with Crippen LogP contribution in [0.4, 0.5) is 0 Å². The van der Waals surface area contributed by atoms with E-state index in [1.807, 2.05) is 0 Å². The number of hydrogen-bond acceptors (Lipinski definition) is 5. The maximum Gasteiger partial charge on any atom is 0.322 e. The summed E-state index contributed by atoms with van der Waals surface area (Å²) in [6.45, 7) is 4.50. The van der Waals surface area contributed by atoms with Crippen molar-refractivity contribution in [2.24, 2.45) is 7.05 Å². The minimum atomic E-state index is -0.320. The van der Waals surface area contributed by atoms with Crippen LogP contribution in [0.15, 0.2) is 6.20 Å². The van der Waals surface area contributed by atoms with Gasteiger partial charge in [0.1, 0.15) is 6.04 Å². The van der Waals surface area contributed by atoms with E-state index in [2.05, 4.69) is 15.6 Å². The third-order valence-electron chi connectivity index (χ3n) is 2.04. The molecule has 0 amide bonds. The Morgan fingerprint density at radius 2 is 2.47 bits per heavy atom. The van der Waals surface area contributed by atoms with E-state index in [0.29, 0.717) is 13.2 Å². The van der Waals surface area contributed by atoms with Crippen molar-refractivity contribution < 1.29 is 9.53 Å². The van der Waals surface area contributed by atoms with E-state index in [9.17, 15) is 4.79 Å². The lowest BCUT2D eigenvalue weighted by atomic mass is 10.3. The van der Waals surface area contributed by atoms with Gasteiger partial charge in [0.15, 0.2) is 0 Å². The summed E-state index contributed by atoms with van der Waals surface area (Å²) in [6.07, 6.45) is 1.66. The third-order valence-corrected chi connectivity index (χ3v) is 2.04. The Morgan fingerprint density at radius 3 is 3.00 bits per heavy atom. The van der Waals surface area contributed by atoms with Crippen LogP contribution in [-0.4, -0.2) is 33.6 Å². The molecule has 1 heterocycles. The lowest BCUT2D eigenvalue weighted by molar-refractivity contribution is -0.145. The number of ether oxygens (including phenoxy) is 1. The molecule has 6 heteroatoms. The fourth-order valence-electron chi connectivity index (χ4n) is 1.08. The van der Waals surface area contributed by atoms with Gasteiger partial charge in [-0.3, -0.25) is 14.8 Å². The van der Waals surface area contributed by atoms with E-state index in [1.54, 1.807) is 31.8 Å². The SMILES string of the molecule is CCOC(=O)C(C)NCc1cnnn1C. The molecule has 84 valence electrons. The smallest absolute Gasteiger partial charge is 0.322 e. The molecule has 0 aromatic carbocycles. The summed E-state index contributed by atoms with van der Waals surface area (Å²) in [5, 5.41) is 10.6. The number of esters is 1. The molecule has 1 atom stereocenters. The molecule has 0 fully saturated rings. The first kappa shape index (κ1) is 11.6. The Bertz CT molecular complexity index is 324. The highest BCUT2D eigenvalue weighted by Crippen LogP contribution is 1.95. The molecule has 1 N–H and O–H groups in total. The van der Waals surface area contributed by atoms with Crippen LogP contribution >= 0.6 is 0 Å². The molecule has 15 heavy (non-hydrogen) atoms. The maximum atomic E-state index is 11.3. The fourth-order valence-corrected chi connectivity index (χ4v) is 1.08. The van der Waals surface area contributed by atoms with Crippen molar-refractivity contribution >= 4 is 5.97 Å². The number of carbonyl (C=O) groups is 1. The first-order valence-corrected chi connectivity index (χ1v) is 4.88. The Hall–Kier alpha value is -1.43. The number of rotatable bonds is 5. The summed E-state index contributed by atoms with van der Waals surface area (Å²) in [6, 6.07) is -0.320. The molecular weight excluding hydrogens is 196 g/mol. The van der Waals surface area contributed by atoms with E-state index >= 15 is 0 Å². The summed E-state index contributed by atoms with van der Waals surface area (Å²) in [7, 11) is 1.80. The van der Waals surface area contributed by atoms with Crippen LogP contribution in [-0.2, 0) is 23.1 Å². The highest BCUT2D eigenvalue weighted by Gasteiger charge is 2.13. The molecule has 1 unspecified atom stereocenters. The molecule has 6 nitrogen and oxygen atoms in total. The highest BCUT2D eigenvalue weighted by molar-refractivity contribution is 5.75. The first-order chi connectivity index (χ1) is 7.15. The van der Waals surface area contributed by atoms with E-state index in [0.717, 1.165) is 5.69 Å². The van der Waals surface area contributed by atoms with Gasteiger partial charge in [0.05, 0.1) is 18.5 Å². The molecule has 1 aromatic heterocycles. The Labute approximate surface area is 88.6 Å². The highest BCUT2D eigenvalue weighted by atomic mass is 16.5. The van der Waals surface area contributed by atoms with Gasteiger partial charge in [0, 0.05) is 13.6 Å². The molecule has 1 rings (SSSR count). The lowest BCUT2D eigenvalue weighted by Gasteiger charge is -2.11. The van der Waals surface area contributed by atoms with Crippen molar-refractivity contribution in [3.8, 4) is 0 Å². The van der Waals surface area contributed by atoms with Gasteiger partial charge in [-0.05, 0) is 13.8 Å². The molecule has 0 aliphatic carbocycles. The number of aromatic nitrogens is 3. The molecule has 0 radical (unpaired) electrons. The zero-order valence-corrected chi connectivity index (χ0v) is 9.23. The van der Waals surface area contributed by atoms with Gasteiger partial charge in [0.2, 0.25) is 0 Å². The maximum absolute atomic E-state index is 11.3. The minimum Gasteiger partial charge on any atom is -0.465 e. The quantitative estimate of drug-likeness (QED) is 0.688. The molecule has 0 saturated carbocycles. The van der Waals surface area contributed by atoms with E-state index in [1.165, 1.54) is 0 Å². The predicted molar refractivity (Wildman–Crippen MR) is 53.9 cm³/mol. The summed E-state index contributed by atoms with van der Waals surface area (Å²) in [4.78, 5) is 11.3. The van der Waals surface area contributed by atoms with Gasteiger partial charge in [-0.25, -0.2) is 0 Å². The molecule has 0 saturated heterocycles. The predicted octanol–water partition coefficient (Wildman–Crippen LogP) is -0.144. The van der Waals surface area contributed by atoms with Crippen molar-refractivity contribution in [2.45, 2.75) is 26.4 Å². The van der Waals surface area contributed by atoms with E-state index in [-0.39, 0.29) is 12.0 Å². The summed E-state index contributed by atoms with van der Waals surface area (Å²) < 4.78 is 6.52. The normalized spacial score (nSPS) is 12.5. The Balaban J connectivity index is 2.37. The monoisotopic (exact) mass is 212 g/mol. The number of nitrogens with zero attached hydrogens (tertiary/aromatic N) is 3. The summed E-state index contributed by atoms with van der Waals surface area (Å²) >= 11 is 0. The number of carbonyl (C=O) groups excluding carboxylic acids is 1. The van der Waals surface area contributed by atoms with Crippen LogP contribution in [0.25, 0.3) is 0 Å². The van der Waals surface area contributed by atoms with Gasteiger partial charge in [-0.1, -0.05) is 5.21 Å². The summed E-state index contributed by atoms with van der Waals surface area (Å²) in [5.41, 5.74) is 0.922. The Kier molecular flexibility index (Phi) is 4.23. The third kappa shape index (κ3) is 3.32. The second-order valence-electron chi connectivity index (χ2n) is 3.20. The number of hydrogen-bond donors (Lipinski definition) is 1. The molecule has 0 spiro atoms. The van der Waals surface area contributed by atoms with Crippen molar-refractivity contribution in [3.05, 3.63) is 11.9 Å². The molecule has 1 aromatic rings. The topological polar surface area (TPSA) is 69.0 Å². The Morgan fingerprint density at radius 1 is 1.73 bits per heavy atom. The van der Waals surface area contributed by atoms with Gasteiger partial charge >= 0.3 is 5.97 Å². The lowest BCUT2D eigenvalue weighted by Crippen LogP contribution is -2.35. The van der Waals surface area contributed by atoms with E-state index in [4.69, 9.17) is 4.74 Å². The molecular formula is C9H16N4O2. The van der Waals surface area contributed by atoms with E-state index < -0.39 is 0 Å². The van der Waals surface area contributed by atoms with Gasteiger partial charge in [-0.15, -0.1) is 5.10 Å². The average Bonchev–Trinajstić information content (AvgIpc) is 2.61. The number of nitrogens with one attached hydrogen (secondary N) is 1. The van der Waals surface area contributed by atoms with Crippen LogP contribution in [0.3, 0.4) is 0 Å². The zero-order valence-electron chi connectivity index (χ0n) is 9.23.